The van der Waals surface area contributed by atoms with Gasteiger partial charge in [0, 0.05) is 10.2 Å². The highest BCUT2D eigenvalue weighted by Gasteiger charge is 2.16. The van der Waals surface area contributed by atoms with Gasteiger partial charge in [0.1, 0.15) is 5.75 Å². The van der Waals surface area contributed by atoms with Crippen molar-refractivity contribution in [2.75, 3.05) is 5.73 Å². The number of carbonyl (C=O) groups excluding carboxylic acids is 1. The molecule has 1 atom stereocenters. The summed E-state index contributed by atoms with van der Waals surface area (Å²) in [6.07, 6.45) is 0. The van der Waals surface area contributed by atoms with E-state index >= 15 is 0 Å². The summed E-state index contributed by atoms with van der Waals surface area (Å²) >= 11 is 3.28. The molecule has 0 spiro atoms. The third kappa shape index (κ3) is 3.11. The Labute approximate surface area is 125 Å². The number of halogens is 1. The van der Waals surface area contributed by atoms with Gasteiger partial charge in [0.15, 0.2) is 0 Å². The zero-order chi connectivity index (χ0) is 14.7. The first-order chi connectivity index (χ1) is 9.49. The number of nitrogen functional groups attached to an aromatic ring is 1. The molecule has 2 aromatic carbocycles. The van der Waals surface area contributed by atoms with Gasteiger partial charge in [0.05, 0.1) is 11.6 Å². The summed E-state index contributed by atoms with van der Waals surface area (Å²) < 4.78 is 0.729. The Morgan fingerprint density at radius 3 is 2.70 bits per heavy atom. The van der Waals surface area contributed by atoms with Gasteiger partial charge in [-0.25, -0.2) is 0 Å². The summed E-state index contributed by atoms with van der Waals surface area (Å²) in [7, 11) is 0. The minimum absolute atomic E-state index is 0.0565. The number of benzene rings is 2. The summed E-state index contributed by atoms with van der Waals surface area (Å²) in [4.78, 5) is 12.2. The zero-order valence-corrected chi connectivity index (χ0v) is 12.5. The van der Waals surface area contributed by atoms with E-state index in [0.717, 1.165) is 10.0 Å². The van der Waals surface area contributed by atoms with Crippen molar-refractivity contribution in [1.29, 1.82) is 0 Å². The molecule has 104 valence electrons. The number of nitrogens with one attached hydrogen (secondary N) is 1. The normalized spacial score (nSPS) is 11.9. The fourth-order valence-corrected chi connectivity index (χ4v) is 2.31. The van der Waals surface area contributed by atoms with Gasteiger partial charge >= 0.3 is 0 Å². The molecule has 20 heavy (non-hydrogen) atoms. The van der Waals surface area contributed by atoms with E-state index in [4.69, 9.17) is 5.73 Å². The van der Waals surface area contributed by atoms with Crippen LogP contribution in [0.5, 0.6) is 5.75 Å². The Morgan fingerprint density at radius 1 is 1.30 bits per heavy atom. The maximum Gasteiger partial charge on any atom is 0.255 e. The van der Waals surface area contributed by atoms with Crippen LogP contribution in [0.2, 0.25) is 0 Å². The maximum absolute atomic E-state index is 12.2. The van der Waals surface area contributed by atoms with Crippen LogP contribution in [0.4, 0.5) is 5.69 Å². The summed E-state index contributed by atoms with van der Waals surface area (Å²) in [5.74, 6) is -0.404. The Balaban J connectivity index is 2.20. The summed E-state index contributed by atoms with van der Waals surface area (Å²) in [6, 6.07) is 11.8. The molecule has 0 heterocycles. The zero-order valence-electron chi connectivity index (χ0n) is 10.9. The van der Waals surface area contributed by atoms with Gasteiger partial charge < -0.3 is 16.2 Å². The van der Waals surface area contributed by atoms with Crippen molar-refractivity contribution in [3.63, 3.8) is 0 Å². The van der Waals surface area contributed by atoms with Crippen LogP contribution in [0.25, 0.3) is 0 Å². The average Bonchev–Trinajstić information content (AvgIpc) is 2.41. The van der Waals surface area contributed by atoms with Crippen LogP contribution in [-0.4, -0.2) is 11.0 Å². The predicted octanol–water partition coefficient (Wildman–Crippen LogP) is 3.23. The third-order valence-electron chi connectivity index (χ3n) is 3.01. The number of carbonyl (C=O) groups is 1. The molecule has 0 bridgehead atoms. The number of hydrogen-bond acceptors (Lipinski definition) is 3. The van der Waals surface area contributed by atoms with Crippen molar-refractivity contribution in [2.45, 2.75) is 13.0 Å². The summed E-state index contributed by atoms with van der Waals surface area (Å²) in [5, 5.41) is 12.6. The quantitative estimate of drug-likeness (QED) is 0.754. The van der Waals surface area contributed by atoms with Gasteiger partial charge in [-0.15, -0.1) is 0 Å². The first kappa shape index (κ1) is 14.4. The van der Waals surface area contributed by atoms with E-state index < -0.39 is 0 Å². The molecule has 4 nitrogen and oxygen atoms in total. The van der Waals surface area contributed by atoms with Gasteiger partial charge in [-0.2, -0.15) is 0 Å². The molecule has 5 heteroatoms. The largest absolute Gasteiger partial charge is 0.507 e. The minimum atomic E-state index is -0.348. The number of phenolic OH excluding ortho intramolecular Hbond substituents is 1. The Bertz CT molecular complexity index is 644. The number of para-hydroxylation sites is 1. The molecule has 4 N–H and O–H groups in total. The maximum atomic E-state index is 12.2. The SMILES string of the molecule is CC(NC(=O)c1cc(Br)ccc1O)c1ccccc1N. The van der Waals surface area contributed by atoms with Gasteiger partial charge in [-0.1, -0.05) is 34.1 Å². The summed E-state index contributed by atoms with van der Waals surface area (Å²) in [5.41, 5.74) is 7.57. The van der Waals surface area contributed by atoms with Crippen molar-refractivity contribution in [3.05, 3.63) is 58.1 Å². The van der Waals surface area contributed by atoms with Crippen molar-refractivity contribution < 1.29 is 9.90 Å². The van der Waals surface area contributed by atoms with Crippen LogP contribution >= 0.6 is 15.9 Å². The lowest BCUT2D eigenvalue weighted by atomic mass is 10.1. The molecule has 0 radical (unpaired) electrons. The van der Waals surface area contributed by atoms with E-state index in [0.29, 0.717) is 5.69 Å². The molecular weight excluding hydrogens is 320 g/mol. The van der Waals surface area contributed by atoms with Gasteiger partial charge in [0.2, 0.25) is 0 Å². The van der Waals surface area contributed by atoms with Crippen LogP contribution in [0.15, 0.2) is 46.9 Å². The monoisotopic (exact) mass is 334 g/mol. The van der Waals surface area contributed by atoms with E-state index in [1.165, 1.54) is 6.07 Å². The number of anilines is 1. The molecular formula is C15H15BrN2O2. The van der Waals surface area contributed by atoms with E-state index in [1.807, 2.05) is 25.1 Å². The van der Waals surface area contributed by atoms with Crippen LogP contribution in [0.3, 0.4) is 0 Å². The fourth-order valence-electron chi connectivity index (χ4n) is 1.95. The minimum Gasteiger partial charge on any atom is -0.507 e. The van der Waals surface area contributed by atoms with Gasteiger partial charge in [0.25, 0.3) is 5.91 Å². The van der Waals surface area contributed by atoms with Crippen LogP contribution in [-0.2, 0) is 0 Å². The highest BCUT2D eigenvalue weighted by molar-refractivity contribution is 9.10. The van der Waals surface area contributed by atoms with Crippen molar-refractivity contribution in [1.82, 2.24) is 5.32 Å². The molecule has 0 aromatic heterocycles. The average molecular weight is 335 g/mol. The number of hydrogen-bond donors (Lipinski definition) is 3. The van der Waals surface area contributed by atoms with Crippen LogP contribution in [0.1, 0.15) is 28.9 Å². The van der Waals surface area contributed by atoms with Gasteiger partial charge in [-0.3, -0.25) is 4.79 Å². The number of amides is 1. The molecule has 2 aromatic rings. The molecule has 0 saturated heterocycles. The second-order valence-corrected chi connectivity index (χ2v) is 5.40. The third-order valence-corrected chi connectivity index (χ3v) is 3.51. The molecule has 0 saturated carbocycles. The molecule has 0 aliphatic rings. The standard InChI is InChI=1S/C15H15BrN2O2/c1-9(11-4-2-3-5-13(11)17)18-15(20)12-8-10(16)6-7-14(12)19/h2-9,19H,17H2,1H3,(H,18,20). The van der Waals surface area contributed by atoms with Gasteiger partial charge in [-0.05, 0) is 36.8 Å². The topological polar surface area (TPSA) is 75.3 Å². The number of rotatable bonds is 3. The lowest BCUT2D eigenvalue weighted by molar-refractivity contribution is 0.0937. The highest BCUT2D eigenvalue weighted by Crippen LogP contribution is 2.24. The first-order valence-electron chi connectivity index (χ1n) is 6.13. The Kier molecular flexibility index (Phi) is 4.29. The van der Waals surface area contributed by atoms with Crippen LogP contribution in [0, 0.1) is 0 Å². The lowest BCUT2D eigenvalue weighted by Crippen LogP contribution is -2.27. The van der Waals surface area contributed by atoms with Crippen molar-refractivity contribution in [3.8, 4) is 5.75 Å². The lowest BCUT2D eigenvalue weighted by Gasteiger charge is -2.16. The Morgan fingerprint density at radius 2 is 2.00 bits per heavy atom. The van der Waals surface area contributed by atoms with Crippen molar-refractivity contribution in [2.24, 2.45) is 0 Å². The van der Waals surface area contributed by atoms with E-state index in [9.17, 15) is 9.90 Å². The molecule has 0 aliphatic heterocycles. The number of aromatic hydroxyl groups is 1. The Hall–Kier alpha value is -2.01. The van der Waals surface area contributed by atoms with E-state index in [-0.39, 0.29) is 23.3 Å². The van der Waals surface area contributed by atoms with E-state index in [2.05, 4.69) is 21.2 Å². The molecule has 1 unspecified atom stereocenters. The smallest absolute Gasteiger partial charge is 0.255 e. The fraction of sp³-hybridized carbons (Fsp3) is 0.133. The van der Waals surface area contributed by atoms with E-state index in [1.54, 1.807) is 18.2 Å². The van der Waals surface area contributed by atoms with Crippen molar-refractivity contribution >= 4 is 27.5 Å². The molecule has 0 fully saturated rings. The number of nitrogens with two attached hydrogens (primary N) is 1. The second-order valence-electron chi connectivity index (χ2n) is 4.49. The molecule has 1 amide bonds. The predicted molar refractivity (Wildman–Crippen MR) is 82.5 cm³/mol. The second kappa shape index (κ2) is 5.96. The number of phenols is 1. The van der Waals surface area contributed by atoms with Crippen LogP contribution < -0.4 is 11.1 Å². The highest BCUT2D eigenvalue weighted by atomic mass is 79.9. The first-order valence-corrected chi connectivity index (χ1v) is 6.92. The molecule has 2 rings (SSSR count). The molecule has 0 aliphatic carbocycles. The summed E-state index contributed by atoms with van der Waals surface area (Å²) in [6.45, 7) is 1.85.